The largest absolute Gasteiger partial charge is 0.507 e. The van der Waals surface area contributed by atoms with Crippen LogP contribution in [0.2, 0.25) is 0 Å². The van der Waals surface area contributed by atoms with E-state index >= 15 is 0 Å². The van der Waals surface area contributed by atoms with Crippen molar-refractivity contribution in [1.29, 1.82) is 0 Å². The van der Waals surface area contributed by atoms with Crippen LogP contribution in [0.3, 0.4) is 0 Å². The molecule has 0 atom stereocenters. The molecule has 4 heteroatoms. The Morgan fingerprint density at radius 2 is 2.06 bits per heavy atom. The maximum Gasteiger partial charge on any atom is 0.253 e. The Morgan fingerprint density at radius 1 is 1.31 bits per heavy atom. The Kier molecular flexibility index (Phi) is 2.72. The first-order valence-corrected chi connectivity index (χ1v) is 4.93. The first-order valence-electron chi connectivity index (χ1n) is 4.93. The van der Waals surface area contributed by atoms with E-state index in [-0.39, 0.29) is 5.75 Å². The van der Waals surface area contributed by atoms with Crippen LogP contribution in [-0.4, -0.2) is 16.5 Å². The van der Waals surface area contributed by atoms with Crippen molar-refractivity contribution < 1.29 is 9.63 Å². The molecule has 1 aromatic carbocycles. The third-order valence-corrected chi connectivity index (χ3v) is 2.39. The van der Waals surface area contributed by atoms with Crippen molar-refractivity contribution in [3.63, 3.8) is 0 Å². The fraction of sp³-hybridized carbons (Fsp3) is 0.167. The molecular weight excluding hydrogens is 204 g/mol. The van der Waals surface area contributed by atoms with Crippen molar-refractivity contribution in [3.05, 3.63) is 41.1 Å². The van der Waals surface area contributed by atoms with Gasteiger partial charge in [0.1, 0.15) is 5.75 Å². The van der Waals surface area contributed by atoms with Gasteiger partial charge in [-0.2, -0.15) is 0 Å². The number of aromatic hydroxyl groups is 1. The zero-order chi connectivity index (χ0) is 11.5. The molecule has 0 saturated heterocycles. The minimum absolute atomic E-state index is 0.195. The van der Waals surface area contributed by atoms with Crippen molar-refractivity contribution in [2.24, 2.45) is 4.99 Å². The molecule has 16 heavy (non-hydrogen) atoms. The molecule has 2 rings (SSSR count). The van der Waals surface area contributed by atoms with Gasteiger partial charge in [-0.1, -0.05) is 17.3 Å². The number of hydrogen-bond acceptors (Lipinski definition) is 4. The lowest BCUT2D eigenvalue weighted by Crippen LogP contribution is -1.80. The standard InChI is InChI=1S/C12H12N2O2/c1-8-9(2)14-16-12(8)13-7-10-5-3-4-6-11(10)15/h3-7,15H,1-2H3. The minimum atomic E-state index is 0.195. The molecule has 0 amide bonds. The molecule has 82 valence electrons. The predicted molar refractivity (Wildman–Crippen MR) is 61.3 cm³/mol. The molecule has 1 aromatic heterocycles. The van der Waals surface area contributed by atoms with Crippen LogP contribution in [0.25, 0.3) is 0 Å². The minimum Gasteiger partial charge on any atom is -0.507 e. The van der Waals surface area contributed by atoms with E-state index in [0.717, 1.165) is 11.3 Å². The molecule has 0 radical (unpaired) electrons. The molecule has 0 saturated carbocycles. The smallest absolute Gasteiger partial charge is 0.253 e. The average molecular weight is 216 g/mol. The van der Waals surface area contributed by atoms with Gasteiger partial charge in [-0.3, -0.25) is 0 Å². The molecular formula is C12H12N2O2. The maximum atomic E-state index is 9.53. The zero-order valence-corrected chi connectivity index (χ0v) is 9.14. The van der Waals surface area contributed by atoms with Gasteiger partial charge < -0.3 is 9.63 Å². The van der Waals surface area contributed by atoms with Gasteiger partial charge in [0, 0.05) is 17.3 Å². The Morgan fingerprint density at radius 3 is 2.69 bits per heavy atom. The van der Waals surface area contributed by atoms with Crippen molar-refractivity contribution in [3.8, 4) is 5.75 Å². The lowest BCUT2D eigenvalue weighted by molar-refractivity contribution is 0.425. The third kappa shape index (κ3) is 1.95. The van der Waals surface area contributed by atoms with E-state index < -0.39 is 0 Å². The summed E-state index contributed by atoms with van der Waals surface area (Å²) in [5.41, 5.74) is 2.38. The molecule has 0 aliphatic carbocycles. The number of hydrogen-bond donors (Lipinski definition) is 1. The highest BCUT2D eigenvalue weighted by Gasteiger charge is 2.05. The summed E-state index contributed by atoms with van der Waals surface area (Å²) in [5, 5.41) is 13.3. The van der Waals surface area contributed by atoms with E-state index in [1.807, 2.05) is 19.9 Å². The lowest BCUT2D eigenvalue weighted by Gasteiger charge is -1.95. The number of para-hydroxylation sites is 1. The van der Waals surface area contributed by atoms with E-state index in [1.54, 1.807) is 24.4 Å². The summed E-state index contributed by atoms with van der Waals surface area (Å²) in [5.74, 6) is 0.667. The first-order chi connectivity index (χ1) is 7.68. The first kappa shape index (κ1) is 10.4. The Labute approximate surface area is 93.2 Å². The average Bonchev–Trinajstić information content (AvgIpc) is 2.59. The third-order valence-electron chi connectivity index (χ3n) is 2.39. The number of benzene rings is 1. The topological polar surface area (TPSA) is 58.6 Å². The summed E-state index contributed by atoms with van der Waals surface area (Å²) in [6.45, 7) is 3.75. The van der Waals surface area contributed by atoms with E-state index in [0.29, 0.717) is 11.4 Å². The van der Waals surface area contributed by atoms with E-state index in [4.69, 9.17) is 4.52 Å². The van der Waals surface area contributed by atoms with E-state index in [1.165, 1.54) is 0 Å². The number of phenolic OH excluding ortho intramolecular Hbond substituents is 1. The second kappa shape index (κ2) is 4.18. The van der Waals surface area contributed by atoms with Crippen molar-refractivity contribution in [2.45, 2.75) is 13.8 Å². The van der Waals surface area contributed by atoms with Crippen molar-refractivity contribution in [2.75, 3.05) is 0 Å². The monoisotopic (exact) mass is 216 g/mol. The van der Waals surface area contributed by atoms with E-state index in [2.05, 4.69) is 10.1 Å². The fourth-order valence-electron chi connectivity index (χ4n) is 1.25. The quantitative estimate of drug-likeness (QED) is 0.785. The Hall–Kier alpha value is -2.10. The molecule has 0 fully saturated rings. The molecule has 1 N–H and O–H groups in total. The van der Waals surface area contributed by atoms with Gasteiger partial charge in [-0.15, -0.1) is 0 Å². The normalized spacial score (nSPS) is 11.1. The summed E-state index contributed by atoms with van der Waals surface area (Å²) in [4.78, 5) is 4.14. The summed E-state index contributed by atoms with van der Waals surface area (Å²) < 4.78 is 5.03. The molecule has 0 bridgehead atoms. The number of nitrogens with zero attached hydrogens (tertiary/aromatic N) is 2. The van der Waals surface area contributed by atoms with Crippen LogP contribution in [-0.2, 0) is 0 Å². The van der Waals surface area contributed by atoms with Crippen LogP contribution in [0.1, 0.15) is 16.8 Å². The number of aromatic nitrogens is 1. The van der Waals surface area contributed by atoms with Crippen LogP contribution in [0.5, 0.6) is 5.75 Å². The van der Waals surface area contributed by atoms with Crippen LogP contribution in [0.4, 0.5) is 5.88 Å². The highest BCUT2D eigenvalue weighted by molar-refractivity contribution is 5.84. The fourth-order valence-corrected chi connectivity index (χ4v) is 1.25. The molecule has 4 nitrogen and oxygen atoms in total. The van der Waals surface area contributed by atoms with Crippen molar-refractivity contribution in [1.82, 2.24) is 5.16 Å². The highest BCUT2D eigenvalue weighted by atomic mass is 16.5. The molecule has 2 aromatic rings. The van der Waals surface area contributed by atoms with Gasteiger partial charge in [0.2, 0.25) is 0 Å². The molecule has 0 spiro atoms. The highest BCUT2D eigenvalue weighted by Crippen LogP contribution is 2.21. The number of aryl methyl sites for hydroxylation is 1. The van der Waals surface area contributed by atoms with Crippen LogP contribution >= 0.6 is 0 Å². The summed E-state index contributed by atoms with van der Waals surface area (Å²) in [6, 6.07) is 6.98. The zero-order valence-electron chi connectivity index (χ0n) is 9.14. The van der Waals surface area contributed by atoms with Crippen LogP contribution in [0.15, 0.2) is 33.8 Å². The molecule has 0 aliphatic rings. The van der Waals surface area contributed by atoms with Gasteiger partial charge in [-0.25, -0.2) is 4.99 Å². The predicted octanol–water partition coefficient (Wildman–Crippen LogP) is 2.75. The summed E-state index contributed by atoms with van der Waals surface area (Å²) in [7, 11) is 0. The second-order valence-electron chi connectivity index (χ2n) is 3.52. The van der Waals surface area contributed by atoms with Gasteiger partial charge in [0.15, 0.2) is 0 Å². The Balaban J connectivity index is 2.28. The maximum absolute atomic E-state index is 9.53. The Bertz CT molecular complexity index is 530. The van der Waals surface area contributed by atoms with Gasteiger partial charge >= 0.3 is 0 Å². The number of phenols is 1. The lowest BCUT2D eigenvalue weighted by atomic mass is 10.2. The van der Waals surface area contributed by atoms with E-state index in [9.17, 15) is 5.11 Å². The second-order valence-corrected chi connectivity index (χ2v) is 3.52. The number of rotatable bonds is 2. The molecule has 1 heterocycles. The van der Waals surface area contributed by atoms with Gasteiger partial charge in [0.25, 0.3) is 5.88 Å². The number of aliphatic imine (C=N–C) groups is 1. The van der Waals surface area contributed by atoms with Crippen LogP contribution < -0.4 is 0 Å². The van der Waals surface area contributed by atoms with Crippen molar-refractivity contribution >= 4 is 12.1 Å². The van der Waals surface area contributed by atoms with Gasteiger partial charge in [0.05, 0.1) is 5.69 Å². The SMILES string of the molecule is Cc1noc(N=Cc2ccccc2O)c1C. The summed E-state index contributed by atoms with van der Waals surface area (Å²) >= 11 is 0. The van der Waals surface area contributed by atoms with Crippen LogP contribution in [0, 0.1) is 13.8 Å². The molecule has 0 unspecified atom stereocenters. The molecule has 0 aliphatic heterocycles. The van der Waals surface area contributed by atoms with Gasteiger partial charge in [-0.05, 0) is 26.0 Å². The summed E-state index contributed by atoms with van der Waals surface area (Å²) in [6.07, 6.45) is 1.56.